The zero-order chi connectivity index (χ0) is 14.6. The van der Waals surface area contributed by atoms with Crippen LogP contribution in [0.1, 0.15) is 37.7 Å². The molecule has 110 valence electrons. The fraction of sp³-hybridized carbons (Fsp3) is 0.467. The summed E-state index contributed by atoms with van der Waals surface area (Å²) in [6.45, 7) is 0.513. The Morgan fingerprint density at radius 2 is 2.00 bits per heavy atom. The first-order valence-electron chi connectivity index (χ1n) is 6.85. The molecular formula is C15H19F3N2. The lowest BCUT2D eigenvalue weighted by Crippen LogP contribution is -2.12. The fourth-order valence-corrected chi connectivity index (χ4v) is 2.44. The smallest absolute Gasteiger partial charge is 0.399 e. The first-order chi connectivity index (χ1) is 9.47. The predicted octanol–water partition coefficient (Wildman–Crippen LogP) is 4.59. The molecule has 1 aliphatic carbocycles. The number of rotatable bonds is 4. The second-order valence-electron chi connectivity index (χ2n) is 5.09. The van der Waals surface area contributed by atoms with Gasteiger partial charge in [0.05, 0.1) is 5.56 Å². The Bertz CT molecular complexity index is 492. The Kier molecular flexibility index (Phi) is 4.57. The molecule has 0 atom stereocenters. The average molecular weight is 284 g/mol. The maximum absolute atomic E-state index is 12.9. The molecule has 20 heavy (non-hydrogen) atoms. The molecule has 0 fully saturated rings. The summed E-state index contributed by atoms with van der Waals surface area (Å²) in [6, 6.07) is 3.85. The first kappa shape index (κ1) is 14.8. The zero-order valence-corrected chi connectivity index (χ0v) is 11.3. The third-order valence-electron chi connectivity index (χ3n) is 3.50. The zero-order valence-electron chi connectivity index (χ0n) is 11.3. The normalized spacial score (nSPS) is 15.8. The molecular weight excluding hydrogens is 265 g/mol. The van der Waals surface area contributed by atoms with E-state index in [1.807, 2.05) is 0 Å². The van der Waals surface area contributed by atoms with Gasteiger partial charge in [-0.3, -0.25) is 0 Å². The molecule has 0 spiro atoms. The van der Waals surface area contributed by atoms with Crippen LogP contribution in [0.25, 0.3) is 0 Å². The van der Waals surface area contributed by atoms with Crippen molar-refractivity contribution < 1.29 is 13.2 Å². The van der Waals surface area contributed by atoms with E-state index in [-0.39, 0.29) is 11.4 Å². The highest BCUT2D eigenvalue weighted by atomic mass is 19.4. The molecule has 1 aromatic carbocycles. The summed E-state index contributed by atoms with van der Waals surface area (Å²) < 4.78 is 38.7. The number of hydrogen-bond acceptors (Lipinski definition) is 2. The Balaban J connectivity index is 2.00. The Hall–Kier alpha value is -1.65. The quantitative estimate of drug-likeness (QED) is 0.627. The van der Waals surface area contributed by atoms with Crippen molar-refractivity contribution in [3.05, 3.63) is 35.4 Å². The van der Waals surface area contributed by atoms with Crippen molar-refractivity contribution in [2.75, 3.05) is 17.6 Å². The van der Waals surface area contributed by atoms with E-state index >= 15 is 0 Å². The van der Waals surface area contributed by atoms with Gasteiger partial charge in [0.25, 0.3) is 0 Å². The van der Waals surface area contributed by atoms with Gasteiger partial charge in [0.15, 0.2) is 0 Å². The van der Waals surface area contributed by atoms with E-state index in [0.717, 1.165) is 25.3 Å². The maximum atomic E-state index is 12.9. The topological polar surface area (TPSA) is 38.0 Å². The second kappa shape index (κ2) is 6.20. The molecule has 0 saturated heterocycles. The number of nitrogens with one attached hydrogen (secondary N) is 1. The van der Waals surface area contributed by atoms with Crippen molar-refractivity contribution in [2.45, 2.75) is 38.3 Å². The first-order valence-corrected chi connectivity index (χ1v) is 6.85. The van der Waals surface area contributed by atoms with Crippen LogP contribution in [0.3, 0.4) is 0 Å². The lowest BCUT2D eigenvalue weighted by atomic mass is 9.97. The summed E-state index contributed by atoms with van der Waals surface area (Å²) in [6.07, 6.45) is 3.16. The maximum Gasteiger partial charge on any atom is 0.418 e. The number of anilines is 2. The SMILES string of the molecule is Nc1ccc(NCCC2=CCCCC2)c(C(F)(F)F)c1. The largest absolute Gasteiger partial charge is 0.418 e. The van der Waals surface area contributed by atoms with Gasteiger partial charge in [0, 0.05) is 17.9 Å². The number of alkyl halides is 3. The molecule has 0 saturated carbocycles. The van der Waals surface area contributed by atoms with Crippen molar-refractivity contribution >= 4 is 11.4 Å². The third kappa shape index (κ3) is 3.92. The van der Waals surface area contributed by atoms with Gasteiger partial charge >= 0.3 is 6.18 Å². The molecule has 0 radical (unpaired) electrons. The third-order valence-corrected chi connectivity index (χ3v) is 3.50. The number of hydrogen-bond donors (Lipinski definition) is 2. The van der Waals surface area contributed by atoms with Gasteiger partial charge in [0.1, 0.15) is 0 Å². The van der Waals surface area contributed by atoms with E-state index in [4.69, 9.17) is 5.73 Å². The van der Waals surface area contributed by atoms with Gasteiger partial charge in [-0.25, -0.2) is 0 Å². The summed E-state index contributed by atoms with van der Waals surface area (Å²) in [5.74, 6) is 0. The highest BCUT2D eigenvalue weighted by Gasteiger charge is 2.33. The van der Waals surface area contributed by atoms with E-state index < -0.39 is 11.7 Å². The van der Waals surface area contributed by atoms with Gasteiger partial charge in [-0.1, -0.05) is 11.6 Å². The molecule has 1 aliphatic rings. The molecule has 0 amide bonds. The molecule has 0 aromatic heterocycles. The second-order valence-corrected chi connectivity index (χ2v) is 5.09. The molecule has 1 aromatic rings. The van der Waals surface area contributed by atoms with Crippen LogP contribution in [0.15, 0.2) is 29.8 Å². The standard InChI is InChI=1S/C15H19F3N2/c16-15(17,18)13-10-12(19)6-7-14(13)20-9-8-11-4-2-1-3-5-11/h4,6-7,10,20H,1-3,5,8-9,19H2. The number of benzene rings is 1. The molecule has 3 N–H and O–H groups in total. The number of nitrogens with two attached hydrogens (primary N) is 1. The number of halogens is 3. The van der Waals surface area contributed by atoms with Gasteiger partial charge in [-0.15, -0.1) is 0 Å². The Labute approximate surface area is 116 Å². The number of allylic oxidation sites excluding steroid dienone is 1. The van der Waals surface area contributed by atoms with Gasteiger partial charge < -0.3 is 11.1 Å². The van der Waals surface area contributed by atoms with E-state index in [2.05, 4.69) is 11.4 Å². The van der Waals surface area contributed by atoms with Crippen molar-refractivity contribution in [2.24, 2.45) is 0 Å². The van der Waals surface area contributed by atoms with Crippen LogP contribution in [0.5, 0.6) is 0 Å². The molecule has 2 nitrogen and oxygen atoms in total. The van der Waals surface area contributed by atoms with E-state index in [0.29, 0.717) is 6.54 Å². The van der Waals surface area contributed by atoms with Crippen LogP contribution in [0, 0.1) is 0 Å². The van der Waals surface area contributed by atoms with Gasteiger partial charge in [-0.05, 0) is 50.3 Å². The van der Waals surface area contributed by atoms with Crippen LogP contribution >= 0.6 is 0 Å². The molecule has 0 aliphatic heterocycles. The predicted molar refractivity (Wildman–Crippen MR) is 75.5 cm³/mol. The minimum atomic E-state index is -4.39. The molecule has 5 heteroatoms. The van der Waals surface area contributed by atoms with Crippen LogP contribution in [-0.2, 0) is 6.18 Å². The van der Waals surface area contributed by atoms with E-state index in [1.54, 1.807) is 0 Å². The summed E-state index contributed by atoms with van der Waals surface area (Å²) in [5, 5.41) is 2.88. The van der Waals surface area contributed by atoms with Crippen molar-refractivity contribution in [1.29, 1.82) is 0 Å². The highest BCUT2D eigenvalue weighted by Crippen LogP contribution is 2.36. The summed E-state index contributed by atoms with van der Waals surface area (Å²) >= 11 is 0. The minimum absolute atomic E-state index is 0.100. The van der Waals surface area contributed by atoms with Crippen LogP contribution < -0.4 is 11.1 Å². The summed E-state index contributed by atoms with van der Waals surface area (Å²) in [4.78, 5) is 0. The van der Waals surface area contributed by atoms with Crippen molar-refractivity contribution in [3.63, 3.8) is 0 Å². The highest BCUT2D eigenvalue weighted by molar-refractivity contribution is 5.59. The average Bonchev–Trinajstić information content (AvgIpc) is 2.40. The van der Waals surface area contributed by atoms with Crippen LogP contribution in [-0.4, -0.2) is 6.54 Å². The summed E-state index contributed by atoms with van der Waals surface area (Å²) in [5.41, 5.74) is 6.30. The van der Waals surface area contributed by atoms with Crippen LogP contribution in [0.2, 0.25) is 0 Å². The van der Waals surface area contributed by atoms with Crippen molar-refractivity contribution in [3.8, 4) is 0 Å². The number of nitrogen functional groups attached to an aromatic ring is 1. The lowest BCUT2D eigenvalue weighted by Gasteiger charge is -2.17. The molecule has 0 unspecified atom stereocenters. The minimum Gasteiger partial charge on any atom is -0.399 e. The van der Waals surface area contributed by atoms with Gasteiger partial charge in [0.2, 0.25) is 0 Å². The summed E-state index contributed by atoms with van der Waals surface area (Å²) in [7, 11) is 0. The lowest BCUT2D eigenvalue weighted by molar-refractivity contribution is -0.136. The monoisotopic (exact) mass is 284 g/mol. The van der Waals surface area contributed by atoms with Crippen molar-refractivity contribution in [1.82, 2.24) is 0 Å². The van der Waals surface area contributed by atoms with E-state index in [9.17, 15) is 13.2 Å². The molecule has 2 rings (SSSR count). The Morgan fingerprint density at radius 3 is 2.65 bits per heavy atom. The van der Waals surface area contributed by atoms with Crippen LogP contribution in [0.4, 0.5) is 24.5 Å². The molecule has 0 heterocycles. The van der Waals surface area contributed by atoms with Gasteiger partial charge in [-0.2, -0.15) is 13.2 Å². The molecule has 0 bridgehead atoms. The fourth-order valence-electron chi connectivity index (χ4n) is 2.44. The Morgan fingerprint density at radius 1 is 1.20 bits per heavy atom. The van der Waals surface area contributed by atoms with E-state index in [1.165, 1.54) is 30.5 Å².